The first kappa shape index (κ1) is 32.0. The maximum absolute atomic E-state index is 13.8. The average molecular weight is 653 g/mol. The summed E-state index contributed by atoms with van der Waals surface area (Å²) in [5, 5.41) is 0.339. The van der Waals surface area contributed by atoms with Crippen molar-refractivity contribution in [3.8, 4) is 0 Å². The van der Waals surface area contributed by atoms with E-state index in [4.69, 9.17) is 9.47 Å². The minimum absolute atomic E-state index is 0.0403. The molecule has 1 aromatic heterocycles. The number of sulfonamides is 1. The fraction of sp³-hybridized carbons (Fsp3) is 0.519. The van der Waals surface area contributed by atoms with E-state index in [0.717, 1.165) is 37.5 Å². The minimum Gasteiger partial charge on any atom is -0.379 e. The van der Waals surface area contributed by atoms with Gasteiger partial charge < -0.3 is 14.0 Å². The Morgan fingerprint density at radius 3 is 2.16 bits per heavy atom. The number of benzene rings is 2. The molecular formula is C27H30F6N4O4S2. The molecule has 2 aromatic carbocycles. The van der Waals surface area contributed by atoms with E-state index in [9.17, 15) is 34.8 Å². The summed E-state index contributed by atoms with van der Waals surface area (Å²) < 4.78 is 121. The molecule has 0 bridgehead atoms. The van der Waals surface area contributed by atoms with Gasteiger partial charge in [-0.3, -0.25) is 4.90 Å². The van der Waals surface area contributed by atoms with Crippen LogP contribution < -0.4 is 0 Å². The second kappa shape index (κ2) is 12.9. The lowest BCUT2D eigenvalue weighted by atomic mass is 10.0. The Kier molecular flexibility index (Phi) is 9.63. The number of hydrogen-bond donors (Lipinski definition) is 0. The van der Waals surface area contributed by atoms with Gasteiger partial charge in [0, 0.05) is 45.0 Å². The Balaban J connectivity index is 1.45. The van der Waals surface area contributed by atoms with Crippen LogP contribution in [0.2, 0.25) is 0 Å². The highest BCUT2D eigenvalue weighted by Gasteiger charge is 2.38. The summed E-state index contributed by atoms with van der Waals surface area (Å²) in [5.41, 5.74) is -2.09. The van der Waals surface area contributed by atoms with Gasteiger partial charge in [0.1, 0.15) is 0 Å². The molecule has 8 nitrogen and oxygen atoms in total. The SMILES string of the molecule is O=S(=O)(c1ccc2c(c1)nc(SCc1ccc(C(F)(F)F)cc1C(F)(F)F)n2CCCN1CCOCC1)N1CCOCC1. The Labute approximate surface area is 249 Å². The number of aromatic nitrogens is 2. The number of halogens is 6. The number of rotatable bonds is 9. The number of fused-ring (bicyclic) bond motifs is 1. The number of nitrogens with zero attached hydrogens (tertiary/aromatic N) is 4. The predicted octanol–water partition coefficient (Wildman–Crippen LogP) is 5.11. The minimum atomic E-state index is -4.99. The van der Waals surface area contributed by atoms with Crippen molar-refractivity contribution in [3.63, 3.8) is 0 Å². The van der Waals surface area contributed by atoms with E-state index < -0.39 is 33.5 Å². The number of ether oxygens (including phenoxy) is 2. The molecule has 0 atom stereocenters. The van der Waals surface area contributed by atoms with Crippen molar-refractivity contribution in [2.75, 3.05) is 59.2 Å². The fourth-order valence-electron chi connectivity index (χ4n) is 5.07. The molecule has 2 fully saturated rings. The average Bonchev–Trinajstić information content (AvgIpc) is 3.32. The summed E-state index contributed by atoms with van der Waals surface area (Å²) in [7, 11) is -3.82. The van der Waals surface area contributed by atoms with Gasteiger partial charge in [0.25, 0.3) is 0 Å². The van der Waals surface area contributed by atoms with Crippen molar-refractivity contribution in [1.82, 2.24) is 18.8 Å². The number of alkyl halides is 6. The summed E-state index contributed by atoms with van der Waals surface area (Å²) in [6, 6.07) is 6.18. The second-order valence-electron chi connectivity index (χ2n) is 10.2. The van der Waals surface area contributed by atoms with Gasteiger partial charge in [-0.15, -0.1) is 0 Å². The van der Waals surface area contributed by atoms with Gasteiger partial charge in [-0.2, -0.15) is 30.6 Å². The number of imidazole rings is 1. The molecule has 0 amide bonds. The van der Waals surface area contributed by atoms with E-state index in [0.29, 0.717) is 48.4 Å². The van der Waals surface area contributed by atoms with Crippen LogP contribution in [0.25, 0.3) is 11.0 Å². The fourth-order valence-corrected chi connectivity index (χ4v) is 7.55. The Hall–Kier alpha value is -2.37. The first-order valence-electron chi connectivity index (χ1n) is 13.6. The maximum atomic E-state index is 13.8. The molecule has 0 radical (unpaired) electrons. The number of aryl methyl sites for hydroxylation is 1. The van der Waals surface area contributed by atoms with E-state index in [-0.39, 0.29) is 48.6 Å². The van der Waals surface area contributed by atoms with Gasteiger partial charge in [0.05, 0.1) is 53.5 Å². The molecule has 0 unspecified atom stereocenters. The van der Waals surface area contributed by atoms with Gasteiger partial charge in [0.15, 0.2) is 5.16 Å². The van der Waals surface area contributed by atoms with Gasteiger partial charge >= 0.3 is 12.4 Å². The molecule has 0 spiro atoms. The molecule has 0 saturated carbocycles. The first-order chi connectivity index (χ1) is 20.3. The van der Waals surface area contributed by atoms with Crippen LogP contribution in [0, 0.1) is 0 Å². The molecule has 0 aliphatic carbocycles. The van der Waals surface area contributed by atoms with Crippen LogP contribution in [0.1, 0.15) is 23.1 Å². The van der Waals surface area contributed by atoms with E-state index >= 15 is 0 Å². The Bertz CT molecular complexity index is 1530. The Morgan fingerprint density at radius 2 is 1.51 bits per heavy atom. The van der Waals surface area contributed by atoms with Crippen LogP contribution in [0.3, 0.4) is 0 Å². The molecule has 3 aromatic rings. The van der Waals surface area contributed by atoms with E-state index in [1.54, 1.807) is 6.07 Å². The highest BCUT2D eigenvalue weighted by Crippen LogP contribution is 2.39. The van der Waals surface area contributed by atoms with Crippen LogP contribution >= 0.6 is 11.8 Å². The zero-order valence-electron chi connectivity index (χ0n) is 23.0. The molecule has 236 valence electrons. The van der Waals surface area contributed by atoms with Crippen molar-refractivity contribution in [1.29, 1.82) is 0 Å². The van der Waals surface area contributed by atoms with Crippen molar-refractivity contribution in [2.24, 2.45) is 0 Å². The molecule has 5 rings (SSSR count). The van der Waals surface area contributed by atoms with E-state index in [1.165, 1.54) is 16.4 Å². The number of morpholine rings is 2. The smallest absolute Gasteiger partial charge is 0.379 e. The van der Waals surface area contributed by atoms with Gasteiger partial charge in [-0.05, 0) is 42.3 Å². The third-order valence-electron chi connectivity index (χ3n) is 7.35. The molecule has 16 heteroatoms. The largest absolute Gasteiger partial charge is 0.416 e. The first-order valence-corrected chi connectivity index (χ1v) is 16.0. The summed E-state index contributed by atoms with van der Waals surface area (Å²) in [6.45, 7) is 5.01. The molecule has 43 heavy (non-hydrogen) atoms. The van der Waals surface area contributed by atoms with E-state index in [2.05, 4.69) is 9.88 Å². The van der Waals surface area contributed by atoms with Crippen LogP contribution in [0.5, 0.6) is 0 Å². The summed E-state index contributed by atoms with van der Waals surface area (Å²) in [6.07, 6.45) is -9.22. The lowest BCUT2D eigenvalue weighted by Gasteiger charge is -2.26. The topological polar surface area (TPSA) is 76.9 Å². The van der Waals surface area contributed by atoms with Crippen molar-refractivity contribution in [2.45, 2.75) is 41.1 Å². The number of thioether (sulfide) groups is 1. The molecular weight excluding hydrogens is 622 g/mol. The molecule has 2 aliphatic rings. The van der Waals surface area contributed by atoms with Crippen LogP contribution in [-0.2, 0) is 44.1 Å². The Morgan fingerprint density at radius 1 is 0.837 bits per heavy atom. The summed E-state index contributed by atoms with van der Waals surface area (Å²) >= 11 is 0.958. The second-order valence-corrected chi connectivity index (χ2v) is 13.1. The van der Waals surface area contributed by atoms with Gasteiger partial charge in [-0.1, -0.05) is 17.8 Å². The maximum Gasteiger partial charge on any atom is 0.416 e. The van der Waals surface area contributed by atoms with Crippen LogP contribution in [0.15, 0.2) is 46.5 Å². The van der Waals surface area contributed by atoms with E-state index in [1.807, 2.05) is 4.57 Å². The van der Waals surface area contributed by atoms with Gasteiger partial charge in [0.2, 0.25) is 10.0 Å². The standard InChI is InChI=1S/C27H30F6N4O4S2/c28-26(29,30)20-3-2-19(22(16-20)27(31,32)33)18-42-25-34-23-17-21(43(38,39)36-10-14-41-15-11-36)4-5-24(23)37(25)7-1-6-35-8-12-40-13-9-35/h2-5,16-17H,1,6-15,18H2. The number of hydrogen-bond acceptors (Lipinski definition) is 7. The third kappa shape index (κ3) is 7.48. The highest BCUT2D eigenvalue weighted by atomic mass is 32.2. The normalized spacial score (nSPS) is 18.0. The molecule has 2 saturated heterocycles. The molecule has 0 N–H and O–H groups in total. The predicted molar refractivity (Wildman–Crippen MR) is 147 cm³/mol. The van der Waals surface area contributed by atoms with Crippen LogP contribution in [-0.4, -0.2) is 86.3 Å². The van der Waals surface area contributed by atoms with Crippen molar-refractivity contribution >= 4 is 32.8 Å². The highest BCUT2D eigenvalue weighted by molar-refractivity contribution is 7.98. The molecule has 2 aliphatic heterocycles. The lowest BCUT2D eigenvalue weighted by molar-refractivity contribution is -0.143. The molecule has 3 heterocycles. The zero-order valence-corrected chi connectivity index (χ0v) is 24.6. The summed E-state index contributed by atoms with van der Waals surface area (Å²) in [5.74, 6) is -0.293. The monoisotopic (exact) mass is 652 g/mol. The summed E-state index contributed by atoms with van der Waals surface area (Å²) in [4.78, 5) is 6.86. The zero-order chi connectivity index (χ0) is 30.8. The van der Waals surface area contributed by atoms with Gasteiger partial charge in [-0.25, -0.2) is 13.4 Å². The third-order valence-corrected chi connectivity index (χ3v) is 10.3. The van der Waals surface area contributed by atoms with Crippen molar-refractivity contribution < 1.29 is 44.2 Å². The lowest BCUT2D eigenvalue weighted by Crippen LogP contribution is -2.40. The van der Waals surface area contributed by atoms with Crippen molar-refractivity contribution in [3.05, 3.63) is 53.1 Å². The quantitative estimate of drug-likeness (QED) is 0.235. The van der Waals surface area contributed by atoms with Crippen LogP contribution in [0.4, 0.5) is 26.3 Å².